The van der Waals surface area contributed by atoms with Gasteiger partial charge in [-0.25, -0.2) is 4.79 Å². The third-order valence-electron chi connectivity index (χ3n) is 4.55. The van der Waals surface area contributed by atoms with Crippen molar-refractivity contribution >= 4 is 5.97 Å². The molecule has 2 fully saturated rings. The van der Waals surface area contributed by atoms with Gasteiger partial charge in [-0.1, -0.05) is 19.4 Å². The SMILES string of the molecule is CC(=CC(=O)OC1CCCC1)CCC1CC1(C)C. The summed E-state index contributed by atoms with van der Waals surface area (Å²) in [6.45, 7) is 6.70. The molecule has 0 N–H and O–H groups in total. The number of hydrogen-bond donors (Lipinski definition) is 0. The molecule has 2 rings (SSSR count). The van der Waals surface area contributed by atoms with Crippen molar-refractivity contribution in [2.45, 2.75) is 71.8 Å². The summed E-state index contributed by atoms with van der Waals surface area (Å²) in [5, 5.41) is 0. The van der Waals surface area contributed by atoms with Gasteiger partial charge in [-0.3, -0.25) is 0 Å². The van der Waals surface area contributed by atoms with E-state index in [0.29, 0.717) is 5.41 Å². The lowest BCUT2D eigenvalue weighted by atomic mass is 10.0. The minimum Gasteiger partial charge on any atom is -0.459 e. The molecule has 1 unspecified atom stereocenters. The molecule has 0 aromatic rings. The van der Waals surface area contributed by atoms with Crippen molar-refractivity contribution in [3.8, 4) is 0 Å². The molecular weight excluding hydrogens is 224 g/mol. The molecule has 1 atom stereocenters. The first kappa shape index (κ1) is 13.6. The molecule has 102 valence electrons. The average molecular weight is 250 g/mol. The molecule has 0 heterocycles. The fourth-order valence-corrected chi connectivity index (χ4v) is 2.95. The summed E-state index contributed by atoms with van der Waals surface area (Å²) in [6.07, 6.45) is 9.99. The van der Waals surface area contributed by atoms with E-state index in [9.17, 15) is 4.79 Å². The van der Waals surface area contributed by atoms with Gasteiger partial charge in [0, 0.05) is 6.08 Å². The molecule has 18 heavy (non-hydrogen) atoms. The smallest absolute Gasteiger partial charge is 0.330 e. The van der Waals surface area contributed by atoms with E-state index in [-0.39, 0.29) is 12.1 Å². The molecule has 0 aromatic carbocycles. The first-order valence-corrected chi connectivity index (χ1v) is 7.35. The Kier molecular flexibility index (Phi) is 4.14. The maximum Gasteiger partial charge on any atom is 0.330 e. The highest BCUT2D eigenvalue weighted by Crippen LogP contribution is 2.54. The first-order chi connectivity index (χ1) is 8.47. The Hall–Kier alpha value is -0.790. The second-order valence-corrected chi connectivity index (χ2v) is 6.76. The van der Waals surface area contributed by atoms with Crippen LogP contribution in [0.4, 0.5) is 0 Å². The van der Waals surface area contributed by atoms with E-state index in [0.717, 1.165) is 25.2 Å². The lowest BCUT2D eigenvalue weighted by Gasteiger charge is -2.09. The molecular formula is C16H26O2. The summed E-state index contributed by atoms with van der Waals surface area (Å²) < 4.78 is 5.43. The van der Waals surface area contributed by atoms with Gasteiger partial charge in [0.25, 0.3) is 0 Å². The van der Waals surface area contributed by atoms with Crippen molar-refractivity contribution in [1.82, 2.24) is 0 Å². The van der Waals surface area contributed by atoms with Crippen LogP contribution in [0.2, 0.25) is 0 Å². The van der Waals surface area contributed by atoms with Crippen LogP contribution in [0, 0.1) is 11.3 Å². The van der Waals surface area contributed by atoms with Crippen LogP contribution in [-0.2, 0) is 9.53 Å². The Labute approximate surface area is 111 Å². The minimum atomic E-state index is -0.130. The van der Waals surface area contributed by atoms with Crippen LogP contribution in [0.15, 0.2) is 11.6 Å². The predicted molar refractivity (Wildman–Crippen MR) is 73.2 cm³/mol. The van der Waals surface area contributed by atoms with Crippen LogP contribution in [0.1, 0.15) is 65.7 Å². The minimum absolute atomic E-state index is 0.130. The third kappa shape index (κ3) is 3.86. The van der Waals surface area contributed by atoms with Crippen molar-refractivity contribution in [3.63, 3.8) is 0 Å². The van der Waals surface area contributed by atoms with Gasteiger partial charge in [-0.05, 0) is 63.2 Å². The highest BCUT2D eigenvalue weighted by molar-refractivity contribution is 5.82. The van der Waals surface area contributed by atoms with Crippen LogP contribution in [0.5, 0.6) is 0 Å². The molecule has 0 amide bonds. The van der Waals surface area contributed by atoms with Crippen LogP contribution in [0.25, 0.3) is 0 Å². The third-order valence-corrected chi connectivity index (χ3v) is 4.55. The van der Waals surface area contributed by atoms with Crippen LogP contribution >= 0.6 is 0 Å². The Balaban J connectivity index is 1.68. The lowest BCUT2D eigenvalue weighted by Crippen LogP contribution is -2.12. The number of ether oxygens (including phenoxy) is 1. The summed E-state index contributed by atoms with van der Waals surface area (Å²) in [7, 11) is 0. The van der Waals surface area contributed by atoms with Crippen LogP contribution in [-0.4, -0.2) is 12.1 Å². The summed E-state index contributed by atoms with van der Waals surface area (Å²) in [6, 6.07) is 0. The molecule has 2 saturated carbocycles. The van der Waals surface area contributed by atoms with E-state index in [1.165, 1.54) is 31.3 Å². The van der Waals surface area contributed by atoms with Crippen LogP contribution in [0.3, 0.4) is 0 Å². The first-order valence-electron chi connectivity index (χ1n) is 7.35. The monoisotopic (exact) mass is 250 g/mol. The topological polar surface area (TPSA) is 26.3 Å². The molecule has 2 aliphatic carbocycles. The normalized spacial score (nSPS) is 27.3. The van der Waals surface area contributed by atoms with E-state index < -0.39 is 0 Å². The number of carbonyl (C=O) groups is 1. The Morgan fingerprint density at radius 2 is 1.94 bits per heavy atom. The molecule has 0 spiro atoms. The average Bonchev–Trinajstić information content (AvgIpc) is 2.69. The Morgan fingerprint density at radius 3 is 2.50 bits per heavy atom. The van der Waals surface area contributed by atoms with Gasteiger partial charge in [0.1, 0.15) is 6.10 Å². The number of carbonyl (C=O) groups excluding carboxylic acids is 1. The summed E-state index contributed by atoms with van der Waals surface area (Å²) in [5.41, 5.74) is 1.71. The Morgan fingerprint density at radius 1 is 1.33 bits per heavy atom. The maximum absolute atomic E-state index is 11.7. The van der Waals surface area contributed by atoms with Crippen molar-refractivity contribution < 1.29 is 9.53 Å². The maximum atomic E-state index is 11.7. The van der Waals surface area contributed by atoms with Crippen molar-refractivity contribution in [3.05, 3.63) is 11.6 Å². The highest BCUT2D eigenvalue weighted by atomic mass is 16.5. The Bertz CT molecular complexity index is 335. The van der Waals surface area contributed by atoms with Gasteiger partial charge in [0.15, 0.2) is 0 Å². The van der Waals surface area contributed by atoms with Crippen molar-refractivity contribution in [2.24, 2.45) is 11.3 Å². The van der Waals surface area contributed by atoms with E-state index in [2.05, 4.69) is 13.8 Å². The standard InChI is InChI=1S/C16H26O2/c1-12(8-9-13-11-16(13,2)3)10-15(17)18-14-6-4-5-7-14/h10,13-14H,4-9,11H2,1-3H3. The number of hydrogen-bond acceptors (Lipinski definition) is 2. The van der Waals surface area contributed by atoms with E-state index in [1.807, 2.05) is 6.92 Å². The predicted octanol–water partition coefficient (Wildman–Crippen LogP) is 4.24. The van der Waals surface area contributed by atoms with E-state index in [4.69, 9.17) is 4.74 Å². The van der Waals surface area contributed by atoms with Gasteiger partial charge in [0.2, 0.25) is 0 Å². The van der Waals surface area contributed by atoms with Crippen LogP contribution < -0.4 is 0 Å². The molecule has 2 nitrogen and oxygen atoms in total. The molecule has 0 aliphatic heterocycles. The van der Waals surface area contributed by atoms with E-state index >= 15 is 0 Å². The highest BCUT2D eigenvalue weighted by Gasteiger charge is 2.44. The fraction of sp³-hybridized carbons (Fsp3) is 0.812. The lowest BCUT2D eigenvalue weighted by molar-refractivity contribution is -0.142. The van der Waals surface area contributed by atoms with Gasteiger partial charge >= 0.3 is 5.97 Å². The number of rotatable bonds is 5. The van der Waals surface area contributed by atoms with E-state index in [1.54, 1.807) is 6.08 Å². The quantitative estimate of drug-likeness (QED) is 0.538. The molecule has 0 aromatic heterocycles. The van der Waals surface area contributed by atoms with Gasteiger partial charge in [-0.2, -0.15) is 0 Å². The zero-order valence-electron chi connectivity index (χ0n) is 12.0. The zero-order valence-corrected chi connectivity index (χ0v) is 12.0. The molecule has 0 saturated heterocycles. The second-order valence-electron chi connectivity index (χ2n) is 6.76. The summed E-state index contributed by atoms with van der Waals surface area (Å²) >= 11 is 0. The zero-order chi connectivity index (χ0) is 13.2. The van der Waals surface area contributed by atoms with Gasteiger partial charge < -0.3 is 4.74 Å². The molecule has 2 aliphatic rings. The summed E-state index contributed by atoms with van der Waals surface area (Å²) in [4.78, 5) is 11.7. The summed E-state index contributed by atoms with van der Waals surface area (Å²) in [5.74, 6) is 0.723. The second kappa shape index (κ2) is 5.46. The van der Waals surface area contributed by atoms with Crippen molar-refractivity contribution in [1.29, 1.82) is 0 Å². The van der Waals surface area contributed by atoms with Crippen molar-refractivity contribution in [2.75, 3.05) is 0 Å². The van der Waals surface area contributed by atoms with Gasteiger partial charge in [0.05, 0.1) is 0 Å². The number of allylic oxidation sites excluding steroid dienone is 1. The molecule has 2 heteroatoms. The molecule has 0 bridgehead atoms. The number of esters is 1. The van der Waals surface area contributed by atoms with Gasteiger partial charge in [-0.15, -0.1) is 0 Å². The fourth-order valence-electron chi connectivity index (χ4n) is 2.95. The largest absolute Gasteiger partial charge is 0.459 e. The molecule has 0 radical (unpaired) electrons.